The van der Waals surface area contributed by atoms with Crippen molar-refractivity contribution in [3.05, 3.63) is 63.9 Å². The highest BCUT2D eigenvalue weighted by Gasteiger charge is 2.17. The highest BCUT2D eigenvalue weighted by molar-refractivity contribution is 9.09. The Labute approximate surface area is 125 Å². The lowest BCUT2D eigenvalue weighted by molar-refractivity contribution is 0.411. The van der Waals surface area contributed by atoms with Crippen molar-refractivity contribution in [1.29, 1.82) is 0 Å². The van der Waals surface area contributed by atoms with Crippen LogP contribution in [0.25, 0.3) is 0 Å². The first-order valence-corrected chi connectivity index (χ1v) is 7.06. The van der Waals surface area contributed by atoms with Gasteiger partial charge in [0.1, 0.15) is 11.6 Å². The van der Waals surface area contributed by atoms with Crippen LogP contribution in [-0.2, 0) is 0 Å². The Morgan fingerprint density at radius 1 is 1.26 bits per heavy atom. The Morgan fingerprint density at radius 2 is 2.00 bits per heavy atom. The van der Waals surface area contributed by atoms with Crippen molar-refractivity contribution < 1.29 is 9.13 Å². The third-order valence-corrected chi connectivity index (χ3v) is 4.28. The van der Waals surface area contributed by atoms with Crippen molar-refractivity contribution >= 4 is 27.5 Å². The Kier molecular flexibility index (Phi) is 4.48. The first-order chi connectivity index (χ1) is 9.04. The molecular weight excluding hydrogens is 331 g/mol. The molecule has 0 spiro atoms. The number of benzene rings is 2. The molecule has 0 bridgehead atoms. The minimum Gasteiger partial charge on any atom is -0.496 e. The van der Waals surface area contributed by atoms with Crippen molar-refractivity contribution in [3.63, 3.8) is 0 Å². The van der Waals surface area contributed by atoms with Crippen LogP contribution in [-0.4, -0.2) is 7.11 Å². The van der Waals surface area contributed by atoms with Crippen LogP contribution in [0.2, 0.25) is 5.02 Å². The molecule has 0 saturated carbocycles. The second kappa shape index (κ2) is 5.93. The maximum atomic E-state index is 14.0. The summed E-state index contributed by atoms with van der Waals surface area (Å²) in [7, 11) is 1.63. The summed E-state index contributed by atoms with van der Waals surface area (Å²) >= 11 is 9.33. The first-order valence-electron chi connectivity index (χ1n) is 5.77. The molecule has 1 atom stereocenters. The van der Waals surface area contributed by atoms with Crippen LogP contribution >= 0.6 is 27.5 Å². The maximum absolute atomic E-state index is 14.0. The molecule has 0 heterocycles. The molecule has 0 aliphatic rings. The van der Waals surface area contributed by atoms with E-state index in [2.05, 4.69) is 15.9 Å². The van der Waals surface area contributed by atoms with Crippen molar-refractivity contribution in [2.24, 2.45) is 0 Å². The van der Waals surface area contributed by atoms with Gasteiger partial charge in [-0.05, 0) is 30.2 Å². The Hall–Kier alpha value is -1.06. The van der Waals surface area contributed by atoms with Gasteiger partial charge in [0.25, 0.3) is 0 Å². The van der Waals surface area contributed by atoms with E-state index in [1.54, 1.807) is 25.3 Å². The summed E-state index contributed by atoms with van der Waals surface area (Å²) < 4.78 is 19.2. The van der Waals surface area contributed by atoms with E-state index >= 15 is 0 Å². The lowest BCUT2D eigenvalue weighted by Gasteiger charge is -2.14. The van der Waals surface area contributed by atoms with E-state index in [4.69, 9.17) is 16.3 Å². The third kappa shape index (κ3) is 2.93. The number of methoxy groups -OCH3 is 1. The van der Waals surface area contributed by atoms with E-state index in [1.807, 2.05) is 25.1 Å². The zero-order valence-corrected chi connectivity index (χ0v) is 12.9. The molecule has 0 saturated heterocycles. The predicted molar refractivity (Wildman–Crippen MR) is 79.9 cm³/mol. The van der Waals surface area contributed by atoms with Gasteiger partial charge in [-0.15, -0.1) is 0 Å². The lowest BCUT2D eigenvalue weighted by atomic mass is 10.0. The smallest absolute Gasteiger partial charge is 0.146 e. The van der Waals surface area contributed by atoms with E-state index in [-0.39, 0.29) is 15.7 Å². The van der Waals surface area contributed by atoms with Crippen molar-refractivity contribution in [2.45, 2.75) is 11.8 Å². The van der Waals surface area contributed by atoms with Crippen molar-refractivity contribution in [2.75, 3.05) is 7.11 Å². The second-order valence-electron chi connectivity index (χ2n) is 4.23. The Bertz CT molecular complexity index is 601. The minimum atomic E-state index is -0.389. The summed E-state index contributed by atoms with van der Waals surface area (Å²) in [6, 6.07) is 10.8. The SMILES string of the molecule is COc1ccc(C(Br)c2cccc(Cl)c2F)cc1C. The molecule has 0 aromatic heterocycles. The highest BCUT2D eigenvalue weighted by Crippen LogP contribution is 2.36. The largest absolute Gasteiger partial charge is 0.496 e. The molecule has 2 aromatic carbocycles. The van der Waals surface area contributed by atoms with Crippen molar-refractivity contribution in [1.82, 2.24) is 0 Å². The quantitative estimate of drug-likeness (QED) is 0.689. The molecule has 2 rings (SSSR count). The molecule has 0 N–H and O–H groups in total. The maximum Gasteiger partial charge on any atom is 0.146 e. The number of halogens is 3. The second-order valence-corrected chi connectivity index (χ2v) is 5.56. The molecule has 0 fully saturated rings. The number of hydrogen-bond acceptors (Lipinski definition) is 1. The zero-order chi connectivity index (χ0) is 14.0. The Balaban J connectivity index is 2.41. The van der Waals surface area contributed by atoms with Gasteiger partial charge in [0.05, 0.1) is 17.0 Å². The number of aryl methyl sites for hydroxylation is 1. The number of hydrogen-bond donors (Lipinski definition) is 0. The van der Waals surface area contributed by atoms with Gasteiger partial charge < -0.3 is 4.74 Å². The van der Waals surface area contributed by atoms with E-state index < -0.39 is 0 Å². The molecule has 0 amide bonds. The number of rotatable bonds is 3. The van der Waals surface area contributed by atoms with E-state index in [9.17, 15) is 4.39 Å². The van der Waals surface area contributed by atoms with Gasteiger partial charge in [-0.2, -0.15) is 0 Å². The summed E-state index contributed by atoms with van der Waals surface area (Å²) in [5.41, 5.74) is 2.49. The van der Waals surface area contributed by atoms with Gasteiger partial charge in [-0.25, -0.2) is 4.39 Å². The molecule has 0 radical (unpaired) electrons. The molecule has 19 heavy (non-hydrogen) atoms. The summed E-state index contributed by atoms with van der Waals surface area (Å²) in [5.74, 6) is 0.425. The molecular formula is C15H13BrClFO. The van der Waals surface area contributed by atoms with Crippen LogP contribution in [0.3, 0.4) is 0 Å². The monoisotopic (exact) mass is 342 g/mol. The van der Waals surface area contributed by atoms with Crippen molar-refractivity contribution in [3.8, 4) is 5.75 Å². The van der Waals surface area contributed by atoms with Crippen LogP contribution in [0, 0.1) is 12.7 Å². The summed E-state index contributed by atoms with van der Waals surface area (Å²) in [5, 5.41) is 0.132. The molecule has 1 nitrogen and oxygen atoms in total. The third-order valence-electron chi connectivity index (χ3n) is 2.97. The van der Waals surface area contributed by atoms with Gasteiger partial charge >= 0.3 is 0 Å². The van der Waals surface area contributed by atoms with Gasteiger partial charge in [-0.1, -0.05) is 51.8 Å². The zero-order valence-electron chi connectivity index (χ0n) is 10.6. The molecule has 0 aliphatic carbocycles. The number of alkyl halides is 1. The number of ether oxygens (including phenoxy) is 1. The topological polar surface area (TPSA) is 9.23 Å². The van der Waals surface area contributed by atoms with Crippen LogP contribution in [0.5, 0.6) is 5.75 Å². The summed E-state index contributed by atoms with van der Waals surface area (Å²) in [6.07, 6.45) is 0. The fourth-order valence-corrected chi connectivity index (χ4v) is 2.78. The average Bonchev–Trinajstić information content (AvgIpc) is 2.41. The summed E-state index contributed by atoms with van der Waals surface area (Å²) in [6.45, 7) is 1.95. The molecule has 2 aromatic rings. The average molecular weight is 344 g/mol. The van der Waals surface area contributed by atoms with Crippen LogP contribution in [0.4, 0.5) is 4.39 Å². The Morgan fingerprint density at radius 3 is 2.63 bits per heavy atom. The van der Waals surface area contributed by atoms with Gasteiger partial charge in [0.15, 0.2) is 0 Å². The van der Waals surface area contributed by atoms with Crippen LogP contribution in [0.1, 0.15) is 21.5 Å². The van der Waals surface area contributed by atoms with E-state index in [0.717, 1.165) is 16.9 Å². The fourth-order valence-electron chi connectivity index (χ4n) is 1.96. The van der Waals surface area contributed by atoms with Gasteiger partial charge in [-0.3, -0.25) is 0 Å². The lowest BCUT2D eigenvalue weighted by Crippen LogP contribution is -1.98. The molecule has 4 heteroatoms. The van der Waals surface area contributed by atoms with Gasteiger partial charge in [0, 0.05) is 5.56 Å². The predicted octanol–water partition coefficient (Wildman–Crippen LogP) is 5.28. The van der Waals surface area contributed by atoms with E-state index in [1.165, 1.54) is 0 Å². The van der Waals surface area contributed by atoms with E-state index in [0.29, 0.717) is 5.56 Å². The normalized spacial score (nSPS) is 12.3. The minimum absolute atomic E-state index is 0.132. The highest BCUT2D eigenvalue weighted by atomic mass is 79.9. The first kappa shape index (κ1) is 14.4. The molecule has 100 valence electrons. The standard InChI is InChI=1S/C15H13BrClFO/c1-9-8-10(6-7-13(9)19-2)14(16)11-4-3-5-12(17)15(11)18/h3-8,14H,1-2H3. The molecule has 0 aliphatic heterocycles. The van der Waals surface area contributed by atoms with Crippen LogP contribution in [0.15, 0.2) is 36.4 Å². The van der Waals surface area contributed by atoms with Gasteiger partial charge in [0.2, 0.25) is 0 Å². The van der Waals surface area contributed by atoms with Crippen LogP contribution < -0.4 is 4.74 Å². The fraction of sp³-hybridized carbons (Fsp3) is 0.200. The molecule has 1 unspecified atom stereocenters. The summed E-state index contributed by atoms with van der Waals surface area (Å²) in [4.78, 5) is -0.240.